The molecular formula is C34H49BrN4O. The highest BCUT2D eigenvalue weighted by Crippen LogP contribution is 2.28. The van der Waals surface area contributed by atoms with Gasteiger partial charge in [0.05, 0.1) is 12.3 Å². The van der Waals surface area contributed by atoms with Crippen molar-refractivity contribution in [3.63, 3.8) is 0 Å². The Kier molecular flexibility index (Phi) is 17.7. The number of nitrogens with zero attached hydrogens (tertiary/aromatic N) is 4. The summed E-state index contributed by atoms with van der Waals surface area (Å²) in [5.41, 5.74) is 7.22. The number of halogens is 1. The summed E-state index contributed by atoms with van der Waals surface area (Å²) in [6, 6.07) is 16.7. The maximum absolute atomic E-state index is 9.89. The summed E-state index contributed by atoms with van der Waals surface area (Å²) in [6.07, 6.45) is 11.0. The van der Waals surface area contributed by atoms with E-state index in [1.807, 2.05) is 87.8 Å². The van der Waals surface area contributed by atoms with Gasteiger partial charge in [0, 0.05) is 30.1 Å². The zero-order valence-corrected chi connectivity index (χ0v) is 27.2. The van der Waals surface area contributed by atoms with Gasteiger partial charge in [0.1, 0.15) is 0 Å². The van der Waals surface area contributed by atoms with Gasteiger partial charge < -0.3 is 5.11 Å². The summed E-state index contributed by atoms with van der Waals surface area (Å²) in [6.45, 7) is 18.5. The lowest BCUT2D eigenvalue weighted by molar-refractivity contribution is 0.199. The predicted molar refractivity (Wildman–Crippen MR) is 177 cm³/mol. The first kappa shape index (κ1) is 35.2. The van der Waals surface area contributed by atoms with E-state index in [1.54, 1.807) is 13.0 Å². The molecule has 1 fully saturated rings. The Morgan fingerprint density at radius 3 is 2.15 bits per heavy atom. The molecule has 40 heavy (non-hydrogen) atoms. The number of fused-ring (bicyclic) bond motifs is 1. The lowest BCUT2D eigenvalue weighted by atomic mass is 10.0. The van der Waals surface area contributed by atoms with Gasteiger partial charge in [0.25, 0.3) is 0 Å². The minimum Gasteiger partial charge on any atom is -0.389 e. The molecule has 1 N–H and O–H groups in total. The number of piperidine rings is 1. The van der Waals surface area contributed by atoms with Crippen molar-refractivity contribution in [1.29, 1.82) is 0 Å². The number of aliphatic hydroxyl groups excluding tert-OH is 1. The second-order valence-corrected chi connectivity index (χ2v) is 8.91. The van der Waals surface area contributed by atoms with E-state index >= 15 is 0 Å². The maximum Gasteiger partial charge on any atom is 0.162 e. The zero-order valence-electron chi connectivity index (χ0n) is 25.6. The number of alkyl halides is 1. The Labute approximate surface area is 251 Å². The van der Waals surface area contributed by atoms with Crippen LogP contribution in [-0.4, -0.2) is 43.5 Å². The van der Waals surface area contributed by atoms with Gasteiger partial charge in [-0.2, -0.15) is 5.10 Å². The van der Waals surface area contributed by atoms with Crippen molar-refractivity contribution in [3.8, 4) is 22.3 Å². The van der Waals surface area contributed by atoms with Crippen LogP contribution in [0.5, 0.6) is 0 Å². The molecule has 0 aliphatic carbocycles. The second kappa shape index (κ2) is 20.1. The van der Waals surface area contributed by atoms with Crippen LogP contribution in [0.1, 0.15) is 78.0 Å². The first-order valence-electron chi connectivity index (χ1n) is 14.5. The molecule has 0 spiro atoms. The molecule has 1 aliphatic rings. The molecule has 2 aromatic carbocycles. The van der Waals surface area contributed by atoms with Crippen molar-refractivity contribution in [2.45, 2.75) is 73.5 Å². The number of allylic oxidation sites excluding steroid dienone is 1. The van der Waals surface area contributed by atoms with E-state index in [-0.39, 0.29) is 0 Å². The lowest BCUT2D eigenvalue weighted by Crippen LogP contribution is -2.28. The van der Waals surface area contributed by atoms with Crippen LogP contribution in [0.15, 0.2) is 79.8 Å². The van der Waals surface area contributed by atoms with Gasteiger partial charge >= 0.3 is 0 Å². The third-order valence-corrected chi connectivity index (χ3v) is 6.18. The number of rotatable bonds is 5. The molecule has 4 aromatic rings. The molecular weight excluding hydrogens is 560 g/mol. The molecule has 1 saturated heterocycles. The summed E-state index contributed by atoms with van der Waals surface area (Å²) < 4.78 is 1.83. The van der Waals surface area contributed by atoms with Crippen LogP contribution in [0.2, 0.25) is 0 Å². The van der Waals surface area contributed by atoms with Crippen LogP contribution in [0.3, 0.4) is 0 Å². The van der Waals surface area contributed by atoms with Crippen LogP contribution < -0.4 is 0 Å². The highest BCUT2D eigenvalue weighted by Gasteiger charge is 2.12. The topological polar surface area (TPSA) is 53.7 Å². The molecule has 1 unspecified atom stereocenters. The van der Waals surface area contributed by atoms with E-state index in [0.29, 0.717) is 0 Å². The van der Waals surface area contributed by atoms with Gasteiger partial charge in [-0.05, 0) is 73.9 Å². The monoisotopic (exact) mass is 608 g/mol. The average Bonchev–Trinajstić information content (AvgIpc) is 3.45. The fourth-order valence-electron chi connectivity index (χ4n) is 4.37. The Hall–Kier alpha value is -2.80. The number of hydrogen-bond donors (Lipinski definition) is 1. The SMILES string of the molecule is C=CC.CBr.CC.CC.CC(O)c1cccc(-c2cnn3cc(-c4ccc(CN5CCCCC5)cc4)cnc23)c1. The molecule has 0 amide bonds. The number of benzene rings is 2. The van der Waals surface area contributed by atoms with E-state index in [4.69, 9.17) is 4.98 Å². The van der Waals surface area contributed by atoms with Crippen molar-refractivity contribution in [3.05, 3.63) is 90.9 Å². The Bertz CT molecular complexity index is 1230. The summed E-state index contributed by atoms with van der Waals surface area (Å²) in [5.74, 6) is 1.81. The van der Waals surface area contributed by atoms with Crippen molar-refractivity contribution in [2.75, 3.05) is 18.9 Å². The molecule has 0 radical (unpaired) electrons. The van der Waals surface area contributed by atoms with E-state index in [1.165, 1.54) is 37.9 Å². The highest BCUT2D eigenvalue weighted by atomic mass is 79.9. The minimum absolute atomic E-state index is 0.501. The normalized spacial score (nSPS) is 13.1. The van der Waals surface area contributed by atoms with Crippen LogP contribution >= 0.6 is 15.9 Å². The second-order valence-electron chi connectivity index (χ2n) is 8.91. The van der Waals surface area contributed by atoms with Crippen LogP contribution in [0, 0.1) is 0 Å². The molecule has 5 rings (SSSR count). The average molecular weight is 610 g/mol. The summed E-state index contributed by atoms with van der Waals surface area (Å²) >= 11 is 2.94. The van der Waals surface area contributed by atoms with Gasteiger partial charge in [0.15, 0.2) is 5.65 Å². The zero-order chi connectivity index (χ0) is 29.9. The fraction of sp³-hybridized carbons (Fsp3) is 0.412. The molecule has 1 atom stereocenters. The first-order valence-corrected chi connectivity index (χ1v) is 16.1. The maximum atomic E-state index is 9.89. The number of aromatic nitrogens is 3. The van der Waals surface area contributed by atoms with Crippen molar-refractivity contribution in [1.82, 2.24) is 19.5 Å². The van der Waals surface area contributed by atoms with E-state index in [0.717, 1.165) is 40.0 Å². The Morgan fingerprint density at radius 1 is 0.925 bits per heavy atom. The fourth-order valence-corrected chi connectivity index (χ4v) is 4.37. The quantitative estimate of drug-likeness (QED) is 0.181. The summed E-state index contributed by atoms with van der Waals surface area (Å²) in [7, 11) is 0. The van der Waals surface area contributed by atoms with Gasteiger partial charge in [0.2, 0.25) is 0 Å². The van der Waals surface area contributed by atoms with Gasteiger partial charge in [-0.15, -0.1) is 6.58 Å². The molecule has 0 bridgehead atoms. The third kappa shape index (κ3) is 10.3. The van der Waals surface area contributed by atoms with E-state index in [9.17, 15) is 5.11 Å². The molecule has 6 heteroatoms. The van der Waals surface area contributed by atoms with Crippen molar-refractivity contribution in [2.24, 2.45) is 0 Å². The summed E-state index contributed by atoms with van der Waals surface area (Å²) in [4.78, 5) is 7.26. The molecule has 1 aliphatic heterocycles. The van der Waals surface area contributed by atoms with E-state index < -0.39 is 6.10 Å². The van der Waals surface area contributed by atoms with Crippen LogP contribution in [0.25, 0.3) is 27.9 Å². The van der Waals surface area contributed by atoms with Crippen molar-refractivity contribution < 1.29 is 5.11 Å². The van der Waals surface area contributed by atoms with Gasteiger partial charge in [-0.25, -0.2) is 9.50 Å². The number of hydrogen-bond acceptors (Lipinski definition) is 4. The smallest absolute Gasteiger partial charge is 0.162 e. The predicted octanol–water partition coefficient (Wildman–Crippen LogP) is 9.36. The highest BCUT2D eigenvalue weighted by molar-refractivity contribution is 9.08. The lowest BCUT2D eigenvalue weighted by Gasteiger charge is -2.26. The molecule has 2 aromatic heterocycles. The van der Waals surface area contributed by atoms with Gasteiger partial charge in [-0.1, -0.05) is 98.6 Å². The molecule has 0 saturated carbocycles. The van der Waals surface area contributed by atoms with Gasteiger partial charge in [-0.3, -0.25) is 4.90 Å². The largest absolute Gasteiger partial charge is 0.389 e. The Morgan fingerprint density at radius 2 is 1.55 bits per heavy atom. The first-order chi connectivity index (χ1) is 19.6. The summed E-state index contributed by atoms with van der Waals surface area (Å²) in [5, 5.41) is 14.4. The molecule has 3 heterocycles. The van der Waals surface area contributed by atoms with Crippen LogP contribution in [0.4, 0.5) is 0 Å². The van der Waals surface area contributed by atoms with Crippen molar-refractivity contribution >= 4 is 21.6 Å². The minimum atomic E-state index is -0.501. The standard InChI is InChI=1S/C26H28N4O.C3H6.2C2H6.CH3Br/c1-19(31)22-6-5-7-23(14-22)25-16-28-30-18-24(15-27-26(25)30)21-10-8-20(9-11-21)17-29-12-3-2-4-13-29;1-3-2;3*1-2/h5-11,14-16,18-19,31H,2-4,12-13,17H2,1H3;3H,1H2,2H3;2*1-2H3;1H3. The molecule has 5 nitrogen and oxygen atoms in total. The van der Waals surface area contributed by atoms with Crippen LogP contribution in [-0.2, 0) is 6.54 Å². The van der Waals surface area contributed by atoms with E-state index in [2.05, 4.69) is 56.8 Å². The number of aliphatic hydroxyl groups is 1. The third-order valence-electron chi connectivity index (χ3n) is 6.18. The molecule has 218 valence electrons. The Balaban J connectivity index is 0.000000804. The number of likely N-dealkylation sites (tertiary alicyclic amines) is 1.